The number of aliphatic hydroxyl groups is 5. The van der Waals surface area contributed by atoms with Crippen LogP contribution in [0.1, 0.15) is 201 Å². The molecule has 1 aliphatic rings. The minimum atomic E-state index is -1.63. The predicted molar refractivity (Wildman–Crippen MR) is 287 cm³/mol. The summed E-state index contributed by atoms with van der Waals surface area (Å²) in [7, 11) is 0. The van der Waals surface area contributed by atoms with Crippen molar-refractivity contribution >= 4 is 11.9 Å². The summed E-state index contributed by atoms with van der Waals surface area (Å²) >= 11 is 0. The first-order chi connectivity index (χ1) is 34.2. The normalized spacial score (nSPS) is 20.5. The molecule has 0 spiro atoms. The molecule has 0 saturated carbocycles. The molecular formula is C59H99NO10. The van der Waals surface area contributed by atoms with Gasteiger partial charge in [0.1, 0.15) is 24.4 Å². The quantitative estimate of drug-likeness (QED) is 0.0149. The molecule has 1 aliphatic heterocycles. The maximum absolute atomic E-state index is 13.3. The van der Waals surface area contributed by atoms with Gasteiger partial charge in [-0.15, -0.1) is 0 Å². The molecule has 8 unspecified atom stereocenters. The fourth-order valence-electron chi connectivity index (χ4n) is 7.97. The van der Waals surface area contributed by atoms with Gasteiger partial charge in [-0.2, -0.15) is 0 Å². The van der Waals surface area contributed by atoms with E-state index in [-0.39, 0.29) is 19.4 Å². The van der Waals surface area contributed by atoms with E-state index in [2.05, 4.69) is 74.7 Å². The molecular weight excluding hydrogens is 883 g/mol. The van der Waals surface area contributed by atoms with E-state index in [9.17, 15) is 35.1 Å². The summed E-state index contributed by atoms with van der Waals surface area (Å²) in [6.45, 7) is 5.47. The minimum Gasteiger partial charge on any atom is -0.454 e. The lowest BCUT2D eigenvalue weighted by atomic mass is 9.99. The third-order valence-corrected chi connectivity index (χ3v) is 12.3. The number of ether oxygens (including phenoxy) is 3. The van der Waals surface area contributed by atoms with Gasteiger partial charge in [0.15, 0.2) is 12.4 Å². The topological polar surface area (TPSA) is 175 Å². The van der Waals surface area contributed by atoms with E-state index in [0.29, 0.717) is 12.8 Å². The van der Waals surface area contributed by atoms with Gasteiger partial charge in [0, 0.05) is 6.42 Å². The van der Waals surface area contributed by atoms with E-state index in [1.807, 2.05) is 42.5 Å². The number of rotatable bonds is 44. The van der Waals surface area contributed by atoms with Crippen LogP contribution in [0, 0.1) is 0 Å². The number of allylic oxidation sites excluding steroid dienone is 15. The van der Waals surface area contributed by atoms with Gasteiger partial charge in [-0.05, 0) is 77.0 Å². The van der Waals surface area contributed by atoms with E-state index in [0.717, 1.165) is 103 Å². The zero-order valence-electron chi connectivity index (χ0n) is 43.8. The van der Waals surface area contributed by atoms with Crippen molar-refractivity contribution in [3.05, 3.63) is 97.2 Å². The average Bonchev–Trinajstić information content (AvgIpc) is 3.36. The zero-order chi connectivity index (χ0) is 51.1. The van der Waals surface area contributed by atoms with Crippen molar-refractivity contribution in [3.8, 4) is 0 Å². The Morgan fingerprint density at radius 2 is 1.10 bits per heavy atom. The van der Waals surface area contributed by atoms with Gasteiger partial charge in [-0.3, -0.25) is 9.59 Å². The number of hydrogen-bond acceptors (Lipinski definition) is 10. The number of carbonyl (C=O) groups is 2. The largest absolute Gasteiger partial charge is 0.454 e. The Balaban J connectivity index is 2.80. The molecule has 11 heteroatoms. The van der Waals surface area contributed by atoms with Crippen LogP contribution >= 0.6 is 0 Å². The second kappa shape index (κ2) is 46.6. The van der Waals surface area contributed by atoms with Crippen LogP contribution < -0.4 is 5.32 Å². The first kappa shape index (κ1) is 64.6. The Morgan fingerprint density at radius 3 is 1.71 bits per heavy atom. The predicted octanol–water partition coefficient (Wildman–Crippen LogP) is 12.0. The van der Waals surface area contributed by atoms with Crippen molar-refractivity contribution in [1.82, 2.24) is 5.32 Å². The highest BCUT2D eigenvalue weighted by molar-refractivity contribution is 5.80. The SMILES string of the molecule is CC/C=C/C=C/C=C/C=C\CCCCCCCC(=O)OC1C(OCC(NC(=O)C(O)CCCCC/C=C/C/C=C/C/C=C/CC)C(O)/C=C/CCCCCCCCCCCCC)OC(CO)C(O)C1O. The molecule has 8 atom stereocenters. The summed E-state index contributed by atoms with van der Waals surface area (Å²) < 4.78 is 17.5. The number of unbranched alkanes of at least 4 members (excludes halogenated alkanes) is 19. The number of carbonyl (C=O) groups excluding carboxylic acids is 2. The Kier molecular flexibility index (Phi) is 43.0. The summed E-state index contributed by atoms with van der Waals surface area (Å²) in [5.41, 5.74) is 0. The highest BCUT2D eigenvalue weighted by atomic mass is 16.7. The van der Waals surface area contributed by atoms with E-state index in [4.69, 9.17) is 14.2 Å². The Morgan fingerprint density at radius 1 is 0.586 bits per heavy atom. The summed E-state index contributed by atoms with van der Waals surface area (Å²) in [6.07, 6.45) is 50.2. The molecule has 0 aromatic heterocycles. The Labute approximate surface area is 425 Å². The molecule has 0 aliphatic carbocycles. The molecule has 6 N–H and O–H groups in total. The van der Waals surface area contributed by atoms with E-state index >= 15 is 0 Å². The number of esters is 1. The van der Waals surface area contributed by atoms with Crippen LogP contribution in [0.3, 0.4) is 0 Å². The minimum absolute atomic E-state index is 0.0893. The van der Waals surface area contributed by atoms with E-state index in [1.54, 1.807) is 6.08 Å². The molecule has 1 heterocycles. The average molecular weight is 982 g/mol. The number of nitrogens with one attached hydrogen (secondary N) is 1. The van der Waals surface area contributed by atoms with Gasteiger partial charge in [0.2, 0.25) is 5.91 Å². The van der Waals surface area contributed by atoms with Crippen LogP contribution in [0.5, 0.6) is 0 Å². The molecule has 11 nitrogen and oxygen atoms in total. The van der Waals surface area contributed by atoms with Crippen molar-refractivity contribution in [3.63, 3.8) is 0 Å². The summed E-state index contributed by atoms with van der Waals surface area (Å²) in [5.74, 6) is -1.25. The maximum atomic E-state index is 13.3. The van der Waals surface area contributed by atoms with Crippen LogP contribution in [0.25, 0.3) is 0 Å². The van der Waals surface area contributed by atoms with Crippen molar-refractivity contribution < 1.29 is 49.3 Å². The standard InChI is InChI=1S/C59H99NO10/c1-4-7-10-13-16-19-22-25-26-29-32-35-38-41-44-47-54(64)70-57-56(66)55(65)53(48-61)69-59(57)68-49-50(51(62)45-42-39-36-33-30-27-23-20-17-14-11-8-5-2)60-58(67)52(63)46-43-40-37-34-31-28-24-21-18-15-12-9-6-3/h7,9-10,12-13,16,18-19,21-22,25-26,28,31,42,45,50-53,55-57,59,61-63,65-66H,4-6,8,11,14-15,17,20,23-24,27,29-30,32-41,43-44,46-49H2,1-3H3,(H,60,67)/b10-7+,12-9+,16-13+,21-18+,22-19+,26-25-,31-28+,45-42+. The molecule has 1 amide bonds. The molecule has 1 rings (SSSR count). The fraction of sp³-hybridized carbons (Fsp3) is 0.695. The van der Waals surface area contributed by atoms with Gasteiger partial charge in [0.05, 0.1) is 25.4 Å². The monoisotopic (exact) mass is 982 g/mol. The maximum Gasteiger partial charge on any atom is 0.306 e. The molecule has 1 saturated heterocycles. The first-order valence-corrected chi connectivity index (χ1v) is 27.6. The molecule has 0 bridgehead atoms. The fourth-order valence-corrected chi connectivity index (χ4v) is 7.97. The van der Waals surface area contributed by atoms with Crippen LogP contribution in [-0.4, -0.2) is 99.6 Å². The Hall–Kier alpha value is -3.42. The van der Waals surface area contributed by atoms with Gasteiger partial charge in [0.25, 0.3) is 0 Å². The lowest BCUT2D eigenvalue weighted by Crippen LogP contribution is -2.61. The zero-order valence-corrected chi connectivity index (χ0v) is 43.8. The second-order valence-electron chi connectivity index (χ2n) is 18.6. The molecule has 0 aromatic rings. The molecule has 70 heavy (non-hydrogen) atoms. The third kappa shape index (κ3) is 34.8. The van der Waals surface area contributed by atoms with Crippen LogP contribution in [0.2, 0.25) is 0 Å². The smallest absolute Gasteiger partial charge is 0.306 e. The van der Waals surface area contributed by atoms with Crippen LogP contribution in [0.4, 0.5) is 0 Å². The number of aliphatic hydroxyl groups excluding tert-OH is 5. The van der Waals surface area contributed by atoms with Crippen LogP contribution in [-0.2, 0) is 23.8 Å². The van der Waals surface area contributed by atoms with Crippen molar-refractivity contribution in [2.24, 2.45) is 0 Å². The summed E-state index contributed by atoms with van der Waals surface area (Å²) in [5, 5.41) is 56.7. The molecule has 0 aromatic carbocycles. The highest BCUT2D eigenvalue weighted by Gasteiger charge is 2.47. The van der Waals surface area contributed by atoms with Crippen molar-refractivity contribution in [2.75, 3.05) is 13.2 Å². The van der Waals surface area contributed by atoms with E-state index in [1.165, 1.54) is 51.4 Å². The van der Waals surface area contributed by atoms with Gasteiger partial charge >= 0.3 is 5.97 Å². The summed E-state index contributed by atoms with van der Waals surface area (Å²) in [6, 6.07) is -1.05. The number of amides is 1. The lowest BCUT2D eigenvalue weighted by Gasteiger charge is -2.41. The lowest BCUT2D eigenvalue weighted by molar-refractivity contribution is -0.305. The van der Waals surface area contributed by atoms with Gasteiger partial charge in [-0.25, -0.2) is 0 Å². The Bertz CT molecular complexity index is 1500. The second-order valence-corrected chi connectivity index (χ2v) is 18.6. The van der Waals surface area contributed by atoms with Crippen molar-refractivity contribution in [2.45, 2.75) is 250 Å². The summed E-state index contributed by atoms with van der Waals surface area (Å²) in [4.78, 5) is 26.4. The van der Waals surface area contributed by atoms with Gasteiger partial charge in [-0.1, -0.05) is 214 Å². The molecule has 1 fully saturated rings. The van der Waals surface area contributed by atoms with Crippen LogP contribution in [0.15, 0.2) is 97.2 Å². The third-order valence-electron chi connectivity index (χ3n) is 12.3. The molecule has 0 radical (unpaired) electrons. The first-order valence-electron chi connectivity index (χ1n) is 27.6. The molecule has 400 valence electrons. The van der Waals surface area contributed by atoms with Crippen molar-refractivity contribution in [1.29, 1.82) is 0 Å². The highest BCUT2D eigenvalue weighted by Crippen LogP contribution is 2.26. The van der Waals surface area contributed by atoms with E-state index < -0.39 is 67.4 Å². The number of hydrogen-bond donors (Lipinski definition) is 6. The van der Waals surface area contributed by atoms with Gasteiger partial charge < -0.3 is 45.1 Å².